The number of aryl methyl sites for hydroxylation is 1. The molecule has 20 heavy (non-hydrogen) atoms. The van der Waals surface area contributed by atoms with Crippen molar-refractivity contribution in [3.63, 3.8) is 0 Å². The number of rotatable bonds is 4. The van der Waals surface area contributed by atoms with Gasteiger partial charge in [0, 0.05) is 13.6 Å². The van der Waals surface area contributed by atoms with E-state index < -0.39 is 0 Å². The summed E-state index contributed by atoms with van der Waals surface area (Å²) in [6.07, 6.45) is 0. The van der Waals surface area contributed by atoms with Crippen LogP contribution in [0.2, 0.25) is 0 Å². The van der Waals surface area contributed by atoms with Gasteiger partial charge in [0.25, 0.3) is 0 Å². The van der Waals surface area contributed by atoms with Gasteiger partial charge in [-0.25, -0.2) is 0 Å². The Balaban J connectivity index is 2.21. The lowest BCUT2D eigenvalue weighted by atomic mass is 10.1. The number of nitriles is 1. The largest absolute Gasteiger partial charge is 0.497 e. The summed E-state index contributed by atoms with van der Waals surface area (Å²) in [6.45, 7) is 2.79. The van der Waals surface area contributed by atoms with Gasteiger partial charge in [0.05, 0.1) is 18.4 Å². The molecule has 0 aliphatic rings. The topological polar surface area (TPSA) is 36.3 Å². The van der Waals surface area contributed by atoms with Crippen molar-refractivity contribution in [3.8, 4) is 11.8 Å². The molecule has 0 atom stereocenters. The predicted molar refractivity (Wildman–Crippen MR) is 81.0 cm³/mol. The van der Waals surface area contributed by atoms with E-state index in [0.29, 0.717) is 5.56 Å². The second-order valence-electron chi connectivity index (χ2n) is 4.84. The number of hydrogen-bond acceptors (Lipinski definition) is 3. The number of methoxy groups -OCH3 is 1. The van der Waals surface area contributed by atoms with Gasteiger partial charge in [-0.05, 0) is 42.3 Å². The molecule has 2 aromatic carbocycles. The number of hydrogen-bond donors (Lipinski definition) is 0. The smallest absolute Gasteiger partial charge is 0.118 e. The van der Waals surface area contributed by atoms with Crippen LogP contribution in [0.1, 0.15) is 16.7 Å². The van der Waals surface area contributed by atoms with E-state index in [9.17, 15) is 5.26 Å². The maximum absolute atomic E-state index is 9.20. The van der Waals surface area contributed by atoms with Gasteiger partial charge >= 0.3 is 0 Å². The summed E-state index contributed by atoms with van der Waals surface area (Å²) in [5.41, 5.74) is 3.99. The summed E-state index contributed by atoms with van der Waals surface area (Å²) in [7, 11) is 3.66. The Labute approximate surface area is 120 Å². The van der Waals surface area contributed by atoms with Crippen molar-refractivity contribution in [2.45, 2.75) is 13.5 Å². The van der Waals surface area contributed by atoms with E-state index >= 15 is 0 Å². The highest BCUT2D eigenvalue weighted by atomic mass is 16.5. The molecular formula is C17H18N2O. The van der Waals surface area contributed by atoms with Crippen molar-refractivity contribution in [1.29, 1.82) is 5.26 Å². The fraction of sp³-hybridized carbons (Fsp3) is 0.235. The highest BCUT2D eigenvalue weighted by molar-refractivity contribution is 5.60. The summed E-state index contributed by atoms with van der Waals surface area (Å²) in [5.74, 6) is 0.852. The summed E-state index contributed by atoms with van der Waals surface area (Å²) in [5, 5.41) is 9.20. The first-order valence-electron chi connectivity index (χ1n) is 6.49. The summed E-state index contributed by atoms with van der Waals surface area (Å²) >= 11 is 0. The molecule has 0 unspecified atom stereocenters. The lowest BCUT2D eigenvalue weighted by Crippen LogP contribution is -2.17. The molecule has 3 nitrogen and oxygen atoms in total. The second-order valence-corrected chi connectivity index (χ2v) is 4.84. The fourth-order valence-corrected chi connectivity index (χ4v) is 2.14. The molecule has 0 saturated heterocycles. The van der Waals surface area contributed by atoms with Gasteiger partial charge in [-0.3, -0.25) is 0 Å². The number of nitrogens with zero attached hydrogens (tertiary/aromatic N) is 2. The molecule has 0 amide bonds. The number of anilines is 1. The zero-order valence-corrected chi connectivity index (χ0v) is 12.1. The molecule has 3 heteroatoms. The van der Waals surface area contributed by atoms with Crippen LogP contribution in [0.4, 0.5) is 5.69 Å². The van der Waals surface area contributed by atoms with Crippen molar-refractivity contribution in [3.05, 3.63) is 59.2 Å². The molecule has 0 spiro atoms. The van der Waals surface area contributed by atoms with E-state index in [1.807, 2.05) is 56.4 Å². The minimum atomic E-state index is 0.701. The van der Waals surface area contributed by atoms with Gasteiger partial charge in [-0.1, -0.05) is 18.2 Å². The normalized spacial score (nSPS) is 9.90. The van der Waals surface area contributed by atoms with E-state index in [4.69, 9.17) is 4.74 Å². The van der Waals surface area contributed by atoms with Gasteiger partial charge < -0.3 is 9.64 Å². The van der Waals surface area contributed by atoms with Crippen molar-refractivity contribution < 1.29 is 4.74 Å². The Bertz CT molecular complexity index is 626. The van der Waals surface area contributed by atoms with E-state index in [0.717, 1.165) is 23.5 Å². The van der Waals surface area contributed by atoms with E-state index in [-0.39, 0.29) is 0 Å². The maximum atomic E-state index is 9.20. The molecule has 0 fully saturated rings. The van der Waals surface area contributed by atoms with Crippen LogP contribution in [0.15, 0.2) is 42.5 Å². The maximum Gasteiger partial charge on any atom is 0.118 e. The Morgan fingerprint density at radius 2 is 1.85 bits per heavy atom. The molecular weight excluding hydrogens is 248 g/mol. The second kappa shape index (κ2) is 6.12. The molecule has 102 valence electrons. The molecule has 0 saturated carbocycles. The average molecular weight is 266 g/mol. The van der Waals surface area contributed by atoms with Crippen molar-refractivity contribution >= 4 is 5.69 Å². The van der Waals surface area contributed by atoms with Crippen LogP contribution >= 0.6 is 0 Å². The quantitative estimate of drug-likeness (QED) is 0.849. The monoisotopic (exact) mass is 266 g/mol. The lowest BCUT2D eigenvalue weighted by Gasteiger charge is -2.21. The van der Waals surface area contributed by atoms with Crippen LogP contribution in [-0.2, 0) is 6.54 Å². The zero-order valence-electron chi connectivity index (χ0n) is 12.1. The Kier molecular flexibility index (Phi) is 4.27. The molecule has 0 radical (unpaired) electrons. The molecule has 0 bridgehead atoms. The molecule has 0 aliphatic heterocycles. The first-order chi connectivity index (χ1) is 9.63. The minimum Gasteiger partial charge on any atom is -0.497 e. The van der Waals surface area contributed by atoms with Crippen LogP contribution in [0.25, 0.3) is 0 Å². The standard InChI is InChI=1S/C17H18N2O/c1-13-4-7-15(11-18)17(10-13)19(2)12-14-5-8-16(20-3)9-6-14/h4-10H,12H2,1-3H3. The third-order valence-electron chi connectivity index (χ3n) is 3.26. The molecule has 2 aromatic rings. The lowest BCUT2D eigenvalue weighted by molar-refractivity contribution is 0.414. The van der Waals surface area contributed by atoms with Crippen molar-refractivity contribution in [1.82, 2.24) is 0 Å². The summed E-state index contributed by atoms with van der Waals surface area (Å²) in [6, 6.07) is 16.1. The van der Waals surface area contributed by atoms with E-state index in [2.05, 4.69) is 11.0 Å². The SMILES string of the molecule is COc1ccc(CN(C)c2cc(C)ccc2C#N)cc1. The summed E-state index contributed by atoms with van der Waals surface area (Å²) in [4.78, 5) is 2.09. The van der Waals surface area contributed by atoms with Crippen LogP contribution in [0, 0.1) is 18.3 Å². The molecule has 2 rings (SSSR count). The van der Waals surface area contributed by atoms with Crippen LogP contribution in [0.3, 0.4) is 0 Å². The molecule has 0 aromatic heterocycles. The number of benzene rings is 2. The highest BCUT2D eigenvalue weighted by Crippen LogP contribution is 2.22. The van der Waals surface area contributed by atoms with Crippen molar-refractivity contribution in [2.24, 2.45) is 0 Å². The first-order valence-corrected chi connectivity index (χ1v) is 6.49. The van der Waals surface area contributed by atoms with Crippen LogP contribution in [-0.4, -0.2) is 14.2 Å². The third kappa shape index (κ3) is 3.10. The highest BCUT2D eigenvalue weighted by Gasteiger charge is 2.08. The van der Waals surface area contributed by atoms with Crippen LogP contribution in [0.5, 0.6) is 5.75 Å². The Hall–Kier alpha value is -2.47. The minimum absolute atomic E-state index is 0.701. The van der Waals surface area contributed by atoms with Gasteiger partial charge in [-0.15, -0.1) is 0 Å². The Morgan fingerprint density at radius 1 is 1.15 bits per heavy atom. The first kappa shape index (κ1) is 14.0. The van der Waals surface area contributed by atoms with Gasteiger partial charge in [0.15, 0.2) is 0 Å². The van der Waals surface area contributed by atoms with Gasteiger partial charge in [0.1, 0.15) is 11.8 Å². The fourth-order valence-electron chi connectivity index (χ4n) is 2.14. The van der Waals surface area contributed by atoms with Crippen molar-refractivity contribution in [2.75, 3.05) is 19.1 Å². The molecule has 0 N–H and O–H groups in total. The zero-order chi connectivity index (χ0) is 14.5. The van der Waals surface area contributed by atoms with E-state index in [1.54, 1.807) is 7.11 Å². The van der Waals surface area contributed by atoms with Crippen LogP contribution < -0.4 is 9.64 Å². The molecule has 0 aliphatic carbocycles. The third-order valence-corrected chi connectivity index (χ3v) is 3.26. The summed E-state index contributed by atoms with van der Waals surface area (Å²) < 4.78 is 5.15. The Morgan fingerprint density at radius 3 is 2.45 bits per heavy atom. The van der Waals surface area contributed by atoms with Gasteiger partial charge in [0.2, 0.25) is 0 Å². The predicted octanol–water partition coefficient (Wildman–Crippen LogP) is 3.51. The van der Waals surface area contributed by atoms with E-state index in [1.165, 1.54) is 5.56 Å². The van der Waals surface area contributed by atoms with Gasteiger partial charge in [-0.2, -0.15) is 5.26 Å². The molecule has 0 heterocycles. The number of ether oxygens (including phenoxy) is 1. The average Bonchev–Trinajstić information content (AvgIpc) is 2.48.